The SMILES string of the molecule is CC[N+]1(C(=O)[O-])c2ccccc2[C@H]2C[C@@](C)(C(=O)O)N[C@H]21. The maximum Gasteiger partial charge on any atom is 0.323 e. The molecule has 0 saturated carbocycles. The van der Waals surface area contributed by atoms with Gasteiger partial charge in [-0.15, -0.1) is 0 Å². The van der Waals surface area contributed by atoms with Crippen molar-refractivity contribution in [3.63, 3.8) is 0 Å². The summed E-state index contributed by atoms with van der Waals surface area (Å²) in [5.74, 6) is -1.10. The molecule has 1 amide bonds. The first-order valence-corrected chi connectivity index (χ1v) is 7.06. The van der Waals surface area contributed by atoms with Gasteiger partial charge < -0.3 is 15.0 Å². The first kappa shape index (κ1) is 14.0. The lowest BCUT2D eigenvalue weighted by Crippen LogP contribution is -2.69. The summed E-state index contributed by atoms with van der Waals surface area (Å²) in [6, 6.07) is 7.35. The lowest BCUT2D eigenvalue weighted by Gasteiger charge is -2.39. The molecule has 1 aromatic carbocycles. The van der Waals surface area contributed by atoms with Crippen molar-refractivity contribution < 1.29 is 19.8 Å². The van der Waals surface area contributed by atoms with E-state index in [1.807, 2.05) is 18.2 Å². The molecule has 0 spiro atoms. The fourth-order valence-electron chi connectivity index (χ4n) is 3.91. The third kappa shape index (κ3) is 1.60. The summed E-state index contributed by atoms with van der Waals surface area (Å²) in [6.07, 6.45) is -1.32. The van der Waals surface area contributed by atoms with Gasteiger partial charge >= 0.3 is 5.97 Å². The van der Waals surface area contributed by atoms with Crippen LogP contribution in [0.3, 0.4) is 0 Å². The number of likely N-dealkylation sites (N-methyl/N-ethyl adjacent to an activating group) is 1. The quantitative estimate of drug-likeness (QED) is 0.779. The fraction of sp³-hybridized carbons (Fsp3) is 0.467. The van der Waals surface area contributed by atoms with Crippen molar-refractivity contribution in [2.45, 2.75) is 37.9 Å². The molecule has 3 rings (SSSR count). The monoisotopic (exact) mass is 290 g/mol. The summed E-state index contributed by atoms with van der Waals surface area (Å²) in [6.45, 7) is 3.70. The molecule has 0 aliphatic carbocycles. The third-order valence-corrected chi connectivity index (χ3v) is 5.01. The van der Waals surface area contributed by atoms with Crippen LogP contribution >= 0.6 is 0 Å². The third-order valence-electron chi connectivity index (χ3n) is 5.01. The van der Waals surface area contributed by atoms with Crippen LogP contribution in [-0.4, -0.2) is 35.4 Å². The molecule has 112 valence electrons. The highest BCUT2D eigenvalue weighted by Crippen LogP contribution is 2.52. The number of carbonyl (C=O) groups is 2. The molecule has 2 heterocycles. The molecule has 1 unspecified atom stereocenters. The van der Waals surface area contributed by atoms with Gasteiger partial charge in [-0.2, -0.15) is 0 Å². The maximum atomic E-state index is 11.9. The minimum Gasteiger partial charge on any atom is -0.498 e. The van der Waals surface area contributed by atoms with Crippen LogP contribution in [0, 0.1) is 0 Å². The molecule has 4 atom stereocenters. The van der Waals surface area contributed by atoms with E-state index in [0.29, 0.717) is 18.7 Å². The zero-order chi connectivity index (χ0) is 15.4. The number of hydrogen-bond donors (Lipinski definition) is 2. The number of carboxylic acid groups (broad SMARTS) is 2. The van der Waals surface area contributed by atoms with Gasteiger partial charge in [0.05, 0.1) is 12.5 Å². The molecular weight excluding hydrogens is 272 g/mol. The summed E-state index contributed by atoms with van der Waals surface area (Å²) in [5.41, 5.74) is 0.498. The molecule has 0 radical (unpaired) electrons. The van der Waals surface area contributed by atoms with E-state index in [-0.39, 0.29) is 10.4 Å². The van der Waals surface area contributed by atoms with Crippen molar-refractivity contribution in [2.24, 2.45) is 0 Å². The average Bonchev–Trinajstić information content (AvgIpc) is 2.91. The summed E-state index contributed by atoms with van der Waals surface area (Å²) < 4.78 is -0.357. The Kier molecular flexibility index (Phi) is 2.86. The number of hydrogen-bond acceptors (Lipinski definition) is 4. The van der Waals surface area contributed by atoms with Crippen molar-refractivity contribution in [2.75, 3.05) is 6.54 Å². The van der Waals surface area contributed by atoms with Crippen LogP contribution in [0.5, 0.6) is 0 Å². The van der Waals surface area contributed by atoms with Gasteiger partial charge in [-0.05, 0) is 26.3 Å². The van der Waals surface area contributed by atoms with Crippen LogP contribution in [0.25, 0.3) is 0 Å². The zero-order valence-corrected chi connectivity index (χ0v) is 12.0. The highest BCUT2D eigenvalue weighted by molar-refractivity contribution is 5.86. The van der Waals surface area contributed by atoms with E-state index in [0.717, 1.165) is 5.56 Å². The molecular formula is C15H18N2O4. The van der Waals surface area contributed by atoms with Gasteiger partial charge in [0, 0.05) is 5.56 Å². The number of carboxylic acids is 1. The lowest BCUT2D eigenvalue weighted by atomic mass is 9.90. The van der Waals surface area contributed by atoms with E-state index in [1.54, 1.807) is 19.9 Å². The van der Waals surface area contributed by atoms with Gasteiger partial charge in [-0.1, -0.05) is 18.2 Å². The van der Waals surface area contributed by atoms with E-state index < -0.39 is 23.8 Å². The standard InChI is InChI=1S/C15H18N2O4/c1-3-17(14(20)21)11-7-5-4-6-9(11)10-8-15(2,13(18)19)16-12(10)17/h4-7,10,12,16H,3,8H2,1-2H3,(H-,18,19,20,21)/t10-,12+,15+,17?/m1/s1. The second-order valence-electron chi connectivity index (χ2n) is 6.05. The Balaban J connectivity index is 2.18. The number of para-hydroxylation sites is 1. The number of amides is 1. The first-order valence-electron chi connectivity index (χ1n) is 7.06. The van der Waals surface area contributed by atoms with Gasteiger partial charge in [-0.3, -0.25) is 10.1 Å². The minimum absolute atomic E-state index is 0.139. The van der Waals surface area contributed by atoms with E-state index in [1.165, 1.54) is 0 Å². The highest BCUT2D eigenvalue weighted by atomic mass is 16.4. The zero-order valence-electron chi connectivity index (χ0n) is 12.0. The van der Waals surface area contributed by atoms with E-state index >= 15 is 0 Å². The van der Waals surface area contributed by atoms with Crippen LogP contribution < -0.4 is 14.9 Å². The Morgan fingerprint density at radius 3 is 2.71 bits per heavy atom. The molecule has 1 aromatic rings. The van der Waals surface area contributed by atoms with Gasteiger partial charge in [0.2, 0.25) is 0 Å². The number of aliphatic carboxylic acids is 1. The summed E-state index contributed by atoms with van der Waals surface area (Å²) in [5, 5.41) is 24.4. The Bertz CT molecular complexity index is 632. The van der Waals surface area contributed by atoms with Gasteiger partial charge in [0.25, 0.3) is 6.09 Å². The normalized spacial score (nSPS) is 37.0. The maximum absolute atomic E-state index is 11.9. The molecule has 21 heavy (non-hydrogen) atoms. The second-order valence-corrected chi connectivity index (χ2v) is 6.05. The topological polar surface area (TPSA) is 89.5 Å². The first-order chi connectivity index (χ1) is 9.86. The minimum atomic E-state index is -1.19. The summed E-state index contributed by atoms with van der Waals surface area (Å²) in [4.78, 5) is 23.4. The molecule has 0 bridgehead atoms. The van der Waals surface area contributed by atoms with Crippen molar-refractivity contribution in [3.05, 3.63) is 29.8 Å². The molecule has 2 aliphatic rings. The van der Waals surface area contributed by atoms with E-state index in [2.05, 4.69) is 5.32 Å². The van der Waals surface area contributed by atoms with E-state index in [9.17, 15) is 19.8 Å². The summed E-state index contributed by atoms with van der Waals surface area (Å²) in [7, 11) is 0. The van der Waals surface area contributed by atoms with Crippen molar-refractivity contribution in [3.8, 4) is 0 Å². The van der Waals surface area contributed by atoms with Crippen LogP contribution in [0.2, 0.25) is 0 Å². The van der Waals surface area contributed by atoms with E-state index in [4.69, 9.17) is 0 Å². The Morgan fingerprint density at radius 2 is 2.14 bits per heavy atom. The van der Waals surface area contributed by atoms with Gasteiger partial charge in [0.15, 0.2) is 6.17 Å². The van der Waals surface area contributed by atoms with Crippen LogP contribution in [0.4, 0.5) is 10.5 Å². The molecule has 2 aliphatic heterocycles. The fourth-order valence-corrected chi connectivity index (χ4v) is 3.91. The Hall–Kier alpha value is -1.92. The lowest BCUT2D eigenvalue weighted by molar-refractivity contribution is -0.266. The largest absolute Gasteiger partial charge is 0.498 e. The number of nitrogens with zero attached hydrogens (tertiary/aromatic N) is 1. The molecule has 0 aromatic heterocycles. The molecule has 2 N–H and O–H groups in total. The number of fused-ring (bicyclic) bond motifs is 3. The second kappa shape index (κ2) is 4.29. The van der Waals surface area contributed by atoms with Crippen LogP contribution in [-0.2, 0) is 4.79 Å². The number of benzene rings is 1. The van der Waals surface area contributed by atoms with Gasteiger partial charge in [0.1, 0.15) is 11.2 Å². The molecule has 1 fully saturated rings. The Labute approximate surface area is 122 Å². The number of rotatable bonds is 2. The number of carbonyl (C=O) groups excluding carboxylic acids is 1. The van der Waals surface area contributed by atoms with Crippen LogP contribution in [0.15, 0.2) is 24.3 Å². The highest BCUT2D eigenvalue weighted by Gasteiger charge is 2.62. The van der Waals surface area contributed by atoms with Gasteiger partial charge in [-0.25, -0.2) is 4.48 Å². The molecule has 1 saturated heterocycles. The Morgan fingerprint density at radius 1 is 1.48 bits per heavy atom. The number of nitrogens with one attached hydrogen (secondary N) is 1. The average molecular weight is 290 g/mol. The van der Waals surface area contributed by atoms with Crippen molar-refractivity contribution >= 4 is 17.7 Å². The predicted molar refractivity (Wildman–Crippen MR) is 74.5 cm³/mol. The smallest absolute Gasteiger partial charge is 0.323 e. The predicted octanol–water partition coefficient (Wildman–Crippen LogP) is 0.617. The molecule has 6 nitrogen and oxygen atoms in total. The summed E-state index contributed by atoms with van der Waals surface area (Å²) >= 11 is 0. The number of quaternary nitrogens is 1. The van der Waals surface area contributed by atoms with Crippen LogP contribution in [0.1, 0.15) is 31.7 Å². The van der Waals surface area contributed by atoms with Crippen molar-refractivity contribution in [1.82, 2.24) is 9.80 Å². The van der Waals surface area contributed by atoms with Crippen molar-refractivity contribution in [1.29, 1.82) is 0 Å². The molecule has 6 heteroatoms.